The molecule has 1 rings (SSSR count). The van der Waals surface area contributed by atoms with Gasteiger partial charge in [0.25, 0.3) is 0 Å². The van der Waals surface area contributed by atoms with Crippen LogP contribution in [0.1, 0.15) is 25.8 Å². The first kappa shape index (κ1) is 15.6. The summed E-state index contributed by atoms with van der Waals surface area (Å²) < 4.78 is 27.4. The fourth-order valence-corrected chi connectivity index (χ4v) is 4.16. The maximum atomic E-state index is 12.1. The largest absolute Gasteiger partial charge is 0.393 e. The summed E-state index contributed by atoms with van der Waals surface area (Å²) in [5.74, 6) is 0. The van der Waals surface area contributed by atoms with Crippen molar-refractivity contribution in [3.8, 4) is 0 Å². The fourth-order valence-electron chi connectivity index (χ4n) is 1.71. The highest BCUT2D eigenvalue weighted by Gasteiger charge is 2.20. The number of hydrogen-bond donors (Lipinski definition) is 2. The van der Waals surface area contributed by atoms with Gasteiger partial charge >= 0.3 is 0 Å². The first-order valence-corrected chi connectivity index (χ1v) is 7.96. The molecule has 0 radical (unpaired) electrons. The maximum absolute atomic E-state index is 12.1. The van der Waals surface area contributed by atoms with Crippen molar-refractivity contribution in [3.05, 3.63) is 28.2 Å². The van der Waals surface area contributed by atoms with Crippen LogP contribution in [-0.2, 0) is 10.0 Å². The molecule has 0 fully saturated rings. The predicted octanol–water partition coefficient (Wildman–Crippen LogP) is 2.20. The number of rotatable bonds is 5. The first-order valence-electron chi connectivity index (χ1n) is 5.69. The zero-order chi connectivity index (χ0) is 13.9. The van der Waals surface area contributed by atoms with Gasteiger partial charge in [0.15, 0.2) is 0 Å². The van der Waals surface area contributed by atoms with Gasteiger partial charge in [0.1, 0.15) is 0 Å². The summed E-state index contributed by atoms with van der Waals surface area (Å²) >= 11 is 3.26. The quantitative estimate of drug-likeness (QED) is 0.866. The molecule has 0 aliphatic heterocycles. The third kappa shape index (κ3) is 4.35. The smallest absolute Gasteiger partial charge is 0.241 e. The Morgan fingerprint density at radius 1 is 1.39 bits per heavy atom. The van der Waals surface area contributed by atoms with E-state index < -0.39 is 16.1 Å². The SMILES string of the molecule is Cc1ccc(S(=O)(=O)NC(C)CC(C)O)c(Br)c1. The fraction of sp³-hybridized carbons (Fsp3) is 0.500. The monoisotopic (exact) mass is 335 g/mol. The number of hydrogen-bond acceptors (Lipinski definition) is 3. The molecular formula is C12H18BrNO3S. The second-order valence-corrected chi connectivity index (χ2v) is 7.08. The van der Waals surface area contributed by atoms with Crippen LogP contribution in [0.25, 0.3) is 0 Å². The van der Waals surface area contributed by atoms with Crippen LogP contribution in [-0.4, -0.2) is 25.7 Å². The molecule has 0 saturated heterocycles. The Morgan fingerprint density at radius 2 is 2.00 bits per heavy atom. The summed E-state index contributed by atoms with van der Waals surface area (Å²) in [4.78, 5) is 0.213. The number of benzene rings is 1. The highest BCUT2D eigenvalue weighted by atomic mass is 79.9. The Bertz CT molecular complexity index is 514. The van der Waals surface area contributed by atoms with E-state index >= 15 is 0 Å². The van der Waals surface area contributed by atoms with Crippen LogP contribution in [0, 0.1) is 6.92 Å². The van der Waals surface area contributed by atoms with Gasteiger partial charge in [0, 0.05) is 10.5 Å². The molecular weight excluding hydrogens is 318 g/mol. The minimum absolute atomic E-state index is 0.213. The third-order valence-electron chi connectivity index (χ3n) is 2.43. The van der Waals surface area contributed by atoms with Gasteiger partial charge < -0.3 is 5.11 Å². The van der Waals surface area contributed by atoms with Crippen molar-refractivity contribution in [3.63, 3.8) is 0 Å². The second-order valence-electron chi connectivity index (χ2n) is 4.54. The van der Waals surface area contributed by atoms with Gasteiger partial charge in [-0.05, 0) is 60.8 Å². The lowest BCUT2D eigenvalue weighted by atomic mass is 10.2. The van der Waals surface area contributed by atoms with Gasteiger partial charge in [-0.1, -0.05) is 6.07 Å². The van der Waals surface area contributed by atoms with Crippen molar-refractivity contribution in [1.82, 2.24) is 4.72 Å². The van der Waals surface area contributed by atoms with Crippen LogP contribution in [0.4, 0.5) is 0 Å². The lowest BCUT2D eigenvalue weighted by molar-refractivity contribution is 0.175. The Kier molecular flexibility index (Phi) is 5.33. The average molecular weight is 336 g/mol. The molecule has 0 amide bonds. The molecule has 2 atom stereocenters. The average Bonchev–Trinajstić information content (AvgIpc) is 2.13. The number of aliphatic hydroxyl groups excluding tert-OH is 1. The first-order chi connectivity index (χ1) is 8.22. The highest BCUT2D eigenvalue weighted by molar-refractivity contribution is 9.10. The van der Waals surface area contributed by atoms with E-state index in [9.17, 15) is 13.5 Å². The van der Waals surface area contributed by atoms with E-state index in [0.717, 1.165) is 5.56 Å². The summed E-state index contributed by atoms with van der Waals surface area (Å²) in [7, 11) is -3.56. The van der Waals surface area contributed by atoms with Gasteiger partial charge in [-0.2, -0.15) is 0 Å². The van der Waals surface area contributed by atoms with E-state index in [0.29, 0.717) is 10.9 Å². The van der Waals surface area contributed by atoms with Gasteiger partial charge in [-0.15, -0.1) is 0 Å². The van der Waals surface area contributed by atoms with Crippen molar-refractivity contribution < 1.29 is 13.5 Å². The van der Waals surface area contributed by atoms with E-state index in [-0.39, 0.29) is 10.9 Å². The van der Waals surface area contributed by atoms with Crippen molar-refractivity contribution >= 4 is 26.0 Å². The Morgan fingerprint density at radius 3 is 2.50 bits per heavy atom. The molecule has 0 saturated carbocycles. The normalized spacial score (nSPS) is 15.4. The van der Waals surface area contributed by atoms with Crippen LogP contribution in [0.5, 0.6) is 0 Å². The van der Waals surface area contributed by atoms with E-state index in [1.807, 2.05) is 6.92 Å². The summed E-state index contributed by atoms with van der Waals surface area (Å²) in [5, 5.41) is 9.24. The van der Waals surface area contributed by atoms with Crippen molar-refractivity contribution in [2.45, 2.75) is 44.2 Å². The lowest BCUT2D eigenvalue weighted by Crippen LogP contribution is -2.34. The third-order valence-corrected chi connectivity index (χ3v) is 4.99. The van der Waals surface area contributed by atoms with E-state index in [4.69, 9.17) is 0 Å². The van der Waals surface area contributed by atoms with Gasteiger partial charge in [0.05, 0.1) is 11.0 Å². The number of nitrogens with one attached hydrogen (secondary N) is 1. The summed E-state index contributed by atoms with van der Waals surface area (Å²) in [6, 6.07) is 4.76. The number of aliphatic hydroxyl groups is 1. The highest BCUT2D eigenvalue weighted by Crippen LogP contribution is 2.23. The van der Waals surface area contributed by atoms with Crippen molar-refractivity contribution in [2.24, 2.45) is 0 Å². The van der Waals surface area contributed by atoms with Gasteiger partial charge in [-0.3, -0.25) is 0 Å². The molecule has 0 spiro atoms. The Labute approximate surface area is 117 Å². The lowest BCUT2D eigenvalue weighted by Gasteiger charge is -2.16. The zero-order valence-corrected chi connectivity index (χ0v) is 13.0. The number of sulfonamides is 1. The molecule has 0 aliphatic carbocycles. The topological polar surface area (TPSA) is 66.4 Å². The van der Waals surface area contributed by atoms with Crippen LogP contribution in [0.15, 0.2) is 27.6 Å². The molecule has 2 unspecified atom stereocenters. The maximum Gasteiger partial charge on any atom is 0.241 e. The van der Waals surface area contributed by atoms with Gasteiger partial charge in [-0.25, -0.2) is 13.1 Å². The van der Waals surface area contributed by atoms with E-state index in [2.05, 4.69) is 20.7 Å². The Balaban J connectivity index is 2.93. The van der Waals surface area contributed by atoms with Crippen LogP contribution in [0.2, 0.25) is 0 Å². The molecule has 1 aromatic rings. The van der Waals surface area contributed by atoms with Gasteiger partial charge in [0.2, 0.25) is 10.0 Å². The minimum atomic E-state index is -3.56. The second kappa shape index (κ2) is 6.14. The van der Waals surface area contributed by atoms with Crippen molar-refractivity contribution in [1.29, 1.82) is 0 Å². The zero-order valence-electron chi connectivity index (χ0n) is 10.6. The molecule has 0 heterocycles. The molecule has 2 N–H and O–H groups in total. The molecule has 0 aromatic heterocycles. The standard InChI is InChI=1S/C12H18BrNO3S/c1-8-4-5-12(11(13)6-8)18(16,17)14-9(2)7-10(3)15/h4-6,9-10,14-15H,7H2,1-3H3. The molecule has 102 valence electrons. The number of halogens is 1. The van der Waals surface area contributed by atoms with Crippen LogP contribution in [0.3, 0.4) is 0 Å². The van der Waals surface area contributed by atoms with Crippen molar-refractivity contribution in [2.75, 3.05) is 0 Å². The van der Waals surface area contributed by atoms with E-state index in [1.54, 1.807) is 32.0 Å². The minimum Gasteiger partial charge on any atom is -0.393 e. The molecule has 18 heavy (non-hydrogen) atoms. The van der Waals surface area contributed by atoms with Crippen LogP contribution >= 0.6 is 15.9 Å². The predicted molar refractivity (Wildman–Crippen MR) is 75.0 cm³/mol. The van der Waals surface area contributed by atoms with E-state index in [1.165, 1.54) is 0 Å². The molecule has 0 bridgehead atoms. The molecule has 6 heteroatoms. The summed E-state index contributed by atoms with van der Waals surface area (Å²) in [6.45, 7) is 5.25. The number of aryl methyl sites for hydroxylation is 1. The molecule has 4 nitrogen and oxygen atoms in total. The van der Waals surface area contributed by atoms with Crippen LogP contribution < -0.4 is 4.72 Å². The summed E-state index contributed by atoms with van der Waals surface area (Å²) in [6.07, 6.45) is -0.160. The summed E-state index contributed by atoms with van der Waals surface area (Å²) in [5.41, 5.74) is 0.984. The Hall–Kier alpha value is -0.430. The molecule has 0 aliphatic rings. The molecule has 1 aromatic carbocycles.